The van der Waals surface area contributed by atoms with Crippen molar-refractivity contribution >= 4 is 17.7 Å². The summed E-state index contributed by atoms with van der Waals surface area (Å²) in [7, 11) is 0. The predicted molar refractivity (Wildman–Crippen MR) is 89.3 cm³/mol. The van der Waals surface area contributed by atoms with Gasteiger partial charge in [-0.3, -0.25) is 4.79 Å². The number of rotatable bonds is 3. The zero-order chi connectivity index (χ0) is 16.1. The number of aryl methyl sites for hydroxylation is 3. The second-order valence-electron chi connectivity index (χ2n) is 5.30. The zero-order valence-electron chi connectivity index (χ0n) is 13.0. The van der Waals surface area contributed by atoms with Gasteiger partial charge in [-0.15, -0.1) is 0 Å². The van der Waals surface area contributed by atoms with Crippen LogP contribution >= 0.6 is 0 Å². The van der Waals surface area contributed by atoms with Gasteiger partial charge in [0.2, 0.25) is 0 Å². The fraction of sp³-hybridized carbons (Fsp3) is 0.158. The summed E-state index contributed by atoms with van der Waals surface area (Å²) < 4.78 is 0. The normalized spacial score (nSPS) is 10.9. The van der Waals surface area contributed by atoms with Crippen molar-refractivity contribution in [3.63, 3.8) is 0 Å². The molecule has 0 heterocycles. The summed E-state index contributed by atoms with van der Waals surface area (Å²) in [6.07, 6.45) is 1.63. The lowest BCUT2D eigenvalue weighted by Crippen LogP contribution is -2.14. The molecule has 0 aliphatic rings. The lowest BCUT2D eigenvalue weighted by atomic mass is 10.0. The monoisotopic (exact) mass is 290 g/mol. The van der Waals surface area contributed by atoms with Crippen LogP contribution in [0.15, 0.2) is 48.0 Å². The number of carbonyl (C=O) groups is 1. The van der Waals surface area contributed by atoms with Crippen molar-refractivity contribution in [2.75, 3.05) is 5.32 Å². The first-order chi connectivity index (χ1) is 10.5. The molecule has 0 spiro atoms. The smallest absolute Gasteiger partial charge is 0.266 e. The summed E-state index contributed by atoms with van der Waals surface area (Å²) in [5, 5.41) is 12.1. The Labute approximate surface area is 130 Å². The first kappa shape index (κ1) is 15.5. The lowest BCUT2D eigenvalue weighted by Gasteiger charge is -2.08. The number of benzene rings is 2. The Balaban J connectivity index is 2.30. The van der Waals surface area contributed by atoms with E-state index in [9.17, 15) is 10.1 Å². The molecule has 2 rings (SSSR count). The molecular formula is C19H18N2O. The van der Waals surface area contributed by atoms with E-state index >= 15 is 0 Å². The van der Waals surface area contributed by atoms with Gasteiger partial charge in [0, 0.05) is 5.69 Å². The first-order valence-corrected chi connectivity index (χ1v) is 7.07. The molecule has 0 radical (unpaired) electrons. The van der Waals surface area contributed by atoms with Crippen molar-refractivity contribution in [2.24, 2.45) is 0 Å². The molecular weight excluding hydrogens is 272 g/mol. The molecule has 0 unspecified atom stereocenters. The van der Waals surface area contributed by atoms with E-state index in [2.05, 4.69) is 5.32 Å². The third-order valence-corrected chi connectivity index (χ3v) is 3.49. The highest BCUT2D eigenvalue weighted by atomic mass is 16.1. The molecule has 0 aromatic heterocycles. The number of hydrogen-bond acceptors (Lipinski definition) is 2. The van der Waals surface area contributed by atoms with Crippen LogP contribution in [-0.4, -0.2) is 5.91 Å². The quantitative estimate of drug-likeness (QED) is 0.681. The van der Waals surface area contributed by atoms with Crippen molar-refractivity contribution in [2.45, 2.75) is 20.8 Å². The molecule has 0 atom stereocenters. The first-order valence-electron chi connectivity index (χ1n) is 7.07. The third kappa shape index (κ3) is 3.62. The Hall–Kier alpha value is -2.86. The molecule has 22 heavy (non-hydrogen) atoms. The SMILES string of the molecule is Cc1ccc(C)c(/C=C(\C#N)C(=O)Nc2ccccc2C)c1. The zero-order valence-corrected chi connectivity index (χ0v) is 13.0. The van der Waals surface area contributed by atoms with Crippen LogP contribution in [0.2, 0.25) is 0 Å². The van der Waals surface area contributed by atoms with Gasteiger partial charge in [0.25, 0.3) is 5.91 Å². The average Bonchev–Trinajstić information content (AvgIpc) is 2.50. The van der Waals surface area contributed by atoms with E-state index in [1.54, 1.807) is 6.08 Å². The van der Waals surface area contributed by atoms with Crippen LogP contribution in [0.5, 0.6) is 0 Å². The Morgan fingerprint density at radius 2 is 1.82 bits per heavy atom. The minimum atomic E-state index is -0.391. The number of anilines is 1. The van der Waals surface area contributed by atoms with Crippen LogP contribution in [-0.2, 0) is 4.79 Å². The standard InChI is InChI=1S/C19H18N2O/c1-13-8-9-14(2)16(10-13)11-17(12-20)19(22)21-18-7-5-4-6-15(18)3/h4-11H,1-3H3,(H,21,22)/b17-11+. The molecule has 0 aliphatic carbocycles. The predicted octanol–water partition coefficient (Wildman–Crippen LogP) is 4.16. The van der Waals surface area contributed by atoms with Crippen LogP contribution in [0.3, 0.4) is 0 Å². The Morgan fingerprint density at radius 1 is 1.09 bits per heavy atom. The Kier molecular flexibility index (Phi) is 4.75. The van der Waals surface area contributed by atoms with E-state index in [4.69, 9.17) is 0 Å². The van der Waals surface area contributed by atoms with Crippen LogP contribution in [0.1, 0.15) is 22.3 Å². The molecule has 0 fully saturated rings. The molecule has 3 heteroatoms. The number of nitriles is 1. The second-order valence-corrected chi connectivity index (χ2v) is 5.30. The molecule has 110 valence electrons. The molecule has 0 aliphatic heterocycles. The van der Waals surface area contributed by atoms with Crippen molar-refractivity contribution in [3.05, 3.63) is 70.3 Å². The van der Waals surface area contributed by atoms with Crippen LogP contribution < -0.4 is 5.32 Å². The summed E-state index contributed by atoms with van der Waals surface area (Å²) >= 11 is 0. The fourth-order valence-corrected chi connectivity index (χ4v) is 2.12. The number of hydrogen-bond donors (Lipinski definition) is 1. The number of para-hydroxylation sites is 1. The average molecular weight is 290 g/mol. The van der Waals surface area contributed by atoms with Gasteiger partial charge in [0.15, 0.2) is 0 Å². The van der Waals surface area contributed by atoms with Gasteiger partial charge >= 0.3 is 0 Å². The summed E-state index contributed by atoms with van der Waals surface area (Å²) in [4.78, 5) is 12.3. The van der Waals surface area contributed by atoms with Gasteiger partial charge in [-0.05, 0) is 49.6 Å². The molecule has 0 saturated carbocycles. The highest BCUT2D eigenvalue weighted by Gasteiger charge is 2.11. The Morgan fingerprint density at radius 3 is 2.50 bits per heavy atom. The fourth-order valence-electron chi connectivity index (χ4n) is 2.12. The van der Waals surface area contributed by atoms with Crippen molar-refractivity contribution < 1.29 is 4.79 Å². The van der Waals surface area contributed by atoms with Crippen LogP contribution in [0.4, 0.5) is 5.69 Å². The summed E-state index contributed by atoms with van der Waals surface area (Å²) in [6.45, 7) is 5.85. The van der Waals surface area contributed by atoms with Gasteiger partial charge in [-0.1, -0.05) is 42.0 Å². The van der Waals surface area contributed by atoms with E-state index in [1.807, 2.05) is 69.3 Å². The van der Waals surface area contributed by atoms with Crippen LogP contribution in [0, 0.1) is 32.1 Å². The molecule has 2 aromatic carbocycles. The molecule has 2 aromatic rings. The summed E-state index contributed by atoms with van der Waals surface area (Å²) in [5.41, 5.74) is 4.78. The number of nitrogens with zero attached hydrogens (tertiary/aromatic N) is 1. The van der Waals surface area contributed by atoms with Gasteiger partial charge in [0.1, 0.15) is 11.6 Å². The van der Waals surface area contributed by atoms with E-state index < -0.39 is 5.91 Å². The highest BCUT2D eigenvalue weighted by molar-refractivity contribution is 6.10. The van der Waals surface area contributed by atoms with Gasteiger partial charge < -0.3 is 5.32 Å². The Bertz CT molecular complexity index is 782. The van der Waals surface area contributed by atoms with Crippen molar-refractivity contribution in [1.29, 1.82) is 5.26 Å². The van der Waals surface area contributed by atoms with Crippen molar-refractivity contribution in [1.82, 2.24) is 0 Å². The maximum Gasteiger partial charge on any atom is 0.266 e. The number of nitrogens with one attached hydrogen (secondary N) is 1. The summed E-state index contributed by atoms with van der Waals surface area (Å²) in [6, 6.07) is 15.4. The highest BCUT2D eigenvalue weighted by Crippen LogP contribution is 2.17. The maximum absolute atomic E-state index is 12.3. The van der Waals surface area contributed by atoms with Gasteiger partial charge in [-0.25, -0.2) is 0 Å². The largest absolute Gasteiger partial charge is 0.321 e. The van der Waals surface area contributed by atoms with Crippen LogP contribution in [0.25, 0.3) is 6.08 Å². The molecule has 0 bridgehead atoms. The van der Waals surface area contributed by atoms with E-state index in [0.717, 1.165) is 27.9 Å². The lowest BCUT2D eigenvalue weighted by molar-refractivity contribution is -0.112. The second kappa shape index (κ2) is 6.73. The summed E-state index contributed by atoms with van der Waals surface area (Å²) in [5.74, 6) is -0.391. The molecule has 3 nitrogen and oxygen atoms in total. The molecule has 1 N–H and O–H groups in total. The number of amides is 1. The van der Waals surface area contributed by atoms with Crippen molar-refractivity contribution in [3.8, 4) is 6.07 Å². The molecule has 1 amide bonds. The minimum absolute atomic E-state index is 0.0944. The minimum Gasteiger partial charge on any atom is -0.321 e. The molecule has 0 saturated heterocycles. The maximum atomic E-state index is 12.3. The number of carbonyl (C=O) groups excluding carboxylic acids is 1. The van der Waals surface area contributed by atoms with Gasteiger partial charge in [-0.2, -0.15) is 5.26 Å². The van der Waals surface area contributed by atoms with E-state index in [1.165, 1.54) is 0 Å². The van der Waals surface area contributed by atoms with E-state index in [-0.39, 0.29) is 5.57 Å². The topological polar surface area (TPSA) is 52.9 Å². The van der Waals surface area contributed by atoms with Gasteiger partial charge in [0.05, 0.1) is 0 Å². The third-order valence-electron chi connectivity index (χ3n) is 3.49. The van der Waals surface area contributed by atoms with E-state index in [0.29, 0.717) is 0 Å².